The Balaban J connectivity index is 1.35. The number of aromatic nitrogens is 3. The van der Waals surface area contributed by atoms with Crippen LogP contribution in [0, 0.1) is 6.92 Å². The van der Waals surface area contributed by atoms with E-state index >= 15 is 0 Å². The van der Waals surface area contributed by atoms with Gasteiger partial charge in [-0.2, -0.15) is 8.78 Å². The van der Waals surface area contributed by atoms with E-state index in [1.807, 2.05) is 29.6 Å². The summed E-state index contributed by atoms with van der Waals surface area (Å²) in [6.07, 6.45) is 3.49. The lowest BCUT2D eigenvalue weighted by atomic mass is 10.1. The number of benzene rings is 1. The number of aryl methyl sites for hydroxylation is 1. The quantitative estimate of drug-likeness (QED) is 0.341. The molecule has 1 aromatic carbocycles. The summed E-state index contributed by atoms with van der Waals surface area (Å²) in [4.78, 5) is 13.4. The molecular weight excluding hydrogens is 446 g/mol. The van der Waals surface area contributed by atoms with E-state index in [0.717, 1.165) is 28.0 Å². The molecule has 0 bridgehead atoms. The van der Waals surface area contributed by atoms with Crippen molar-refractivity contribution in [2.24, 2.45) is 0 Å². The Kier molecular flexibility index (Phi) is 6.43. The molecule has 1 N–H and O–H groups in total. The Morgan fingerprint density at radius 2 is 1.94 bits per heavy atom. The topological polar surface area (TPSA) is 69.2 Å². The van der Waals surface area contributed by atoms with Gasteiger partial charge in [0.15, 0.2) is 0 Å². The number of hydrogen-bond acceptors (Lipinski definition) is 7. The van der Waals surface area contributed by atoms with Crippen molar-refractivity contribution in [3.63, 3.8) is 0 Å². The fourth-order valence-corrected chi connectivity index (χ4v) is 4.08. The van der Waals surface area contributed by atoms with Crippen LogP contribution in [-0.2, 0) is 6.42 Å². The molecule has 0 spiro atoms. The lowest BCUT2D eigenvalue weighted by Gasteiger charge is -2.11. The van der Waals surface area contributed by atoms with Crippen molar-refractivity contribution in [1.82, 2.24) is 15.0 Å². The number of ether oxygens (including phenoxy) is 2. The van der Waals surface area contributed by atoms with Crippen molar-refractivity contribution in [1.29, 1.82) is 0 Å². The maximum Gasteiger partial charge on any atom is 0.387 e. The first-order valence-electron chi connectivity index (χ1n) is 9.29. The molecule has 0 atom stereocenters. The molecule has 3 aromatic heterocycles. The minimum atomic E-state index is -2.89. The first kappa shape index (κ1) is 21.2. The average Bonchev–Trinajstić information content (AvgIpc) is 3.13. The number of nitrogens with one attached hydrogen (secondary N) is 1. The minimum absolute atomic E-state index is 0.00704. The van der Waals surface area contributed by atoms with Gasteiger partial charge in [0.2, 0.25) is 5.88 Å². The van der Waals surface area contributed by atoms with Crippen molar-refractivity contribution >= 4 is 39.0 Å². The molecule has 4 rings (SSSR count). The summed E-state index contributed by atoms with van der Waals surface area (Å²) < 4.78 is 34.7. The van der Waals surface area contributed by atoms with E-state index in [0.29, 0.717) is 28.8 Å². The molecule has 0 aliphatic carbocycles. The van der Waals surface area contributed by atoms with Crippen LogP contribution >= 0.6 is 22.9 Å². The minimum Gasteiger partial charge on any atom is -0.439 e. The summed E-state index contributed by atoms with van der Waals surface area (Å²) in [5.74, 6) is 1.64. The first-order chi connectivity index (χ1) is 15.0. The number of halogens is 3. The summed E-state index contributed by atoms with van der Waals surface area (Å²) in [6.45, 7) is -0.507. The highest BCUT2D eigenvalue weighted by molar-refractivity contribution is 7.17. The molecule has 31 heavy (non-hydrogen) atoms. The van der Waals surface area contributed by atoms with Crippen LogP contribution < -0.4 is 14.8 Å². The lowest BCUT2D eigenvalue weighted by Crippen LogP contribution is -2.06. The highest BCUT2D eigenvalue weighted by Crippen LogP contribution is 2.32. The summed E-state index contributed by atoms with van der Waals surface area (Å²) in [5.41, 5.74) is 1.70. The van der Waals surface area contributed by atoms with Gasteiger partial charge in [-0.25, -0.2) is 15.0 Å². The van der Waals surface area contributed by atoms with Crippen LogP contribution in [0.5, 0.6) is 17.4 Å². The molecule has 0 amide bonds. The van der Waals surface area contributed by atoms with Gasteiger partial charge < -0.3 is 14.8 Å². The van der Waals surface area contributed by atoms with E-state index in [2.05, 4.69) is 25.0 Å². The van der Waals surface area contributed by atoms with Crippen molar-refractivity contribution in [2.45, 2.75) is 20.0 Å². The van der Waals surface area contributed by atoms with Crippen LogP contribution in [0.2, 0.25) is 5.02 Å². The zero-order chi connectivity index (χ0) is 21.8. The predicted molar refractivity (Wildman–Crippen MR) is 117 cm³/mol. The molecule has 0 aliphatic heterocycles. The maximum absolute atomic E-state index is 12.3. The highest BCUT2D eigenvalue weighted by Gasteiger charge is 2.11. The first-order valence-corrected chi connectivity index (χ1v) is 10.5. The Hall–Kier alpha value is -3.04. The third-order valence-corrected chi connectivity index (χ3v) is 5.71. The van der Waals surface area contributed by atoms with Crippen LogP contribution in [0.15, 0.2) is 48.2 Å². The zero-order valence-electron chi connectivity index (χ0n) is 16.3. The Morgan fingerprint density at radius 1 is 1.13 bits per heavy atom. The van der Waals surface area contributed by atoms with Crippen molar-refractivity contribution in [3.8, 4) is 17.4 Å². The van der Waals surface area contributed by atoms with Crippen LogP contribution in [0.25, 0.3) is 10.2 Å². The molecule has 0 saturated heterocycles. The molecular formula is C21H17ClF2N4O2S. The molecule has 160 valence electrons. The monoisotopic (exact) mass is 462 g/mol. The fourth-order valence-electron chi connectivity index (χ4n) is 2.95. The molecule has 3 heterocycles. The van der Waals surface area contributed by atoms with Gasteiger partial charge in [-0.1, -0.05) is 23.7 Å². The maximum atomic E-state index is 12.3. The van der Waals surface area contributed by atoms with Gasteiger partial charge in [-0.3, -0.25) is 0 Å². The normalized spacial score (nSPS) is 11.1. The van der Waals surface area contributed by atoms with Crippen molar-refractivity contribution < 1.29 is 18.3 Å². The molecule has 10 heteroatoms. The molecule has 6 nitrogen and oxygen atoms in total. The number of fused-ring (bicyclic) bond motifs is 1. The van der Waals surface area contributed by atoms with E-state index < -0.39 is 6.61 Å². The SMILES string of the molecule is Cc1cc(OC(F)F)cnc1Oc1ccc(CCNc2ncnc3scc(Cl)c23)cc1. The third kappa shape index (κ3) is 5.18. The smallest absolute Gasteiger partial charge is 0.387 e. The van der Waals surface area contributed by atoms with Crippen LogP contribution in [0.3, 0.4) is 0 Å². The second-order valence-corrected chi connectivity index (χ2v) is 7.85. The van der Waals surface area contributed by atoms with E-state index in [9.17, 15) is 8.78 Å². The number of hydrogen-bond donors (Lipinski definition) is 1. The van der Waals surface area contributed by atoms with E-state index in [1.54, 1.807) is 6.92 Å². The Bertz CT molecular complexity index is 1190. The van der Waals surface area contributed by atoms with Crippen molar-refractivity contribution in [3.05, 3.63) is 64.4 Å². The van der Waals surface area contributed by atoms with Crippen LogP contribution in [0.4, 0.5) is 14.6 Å². The Morgan fingerprint density at radius 3 is 2.68 bits per heavy atom. The lowest BCUT2D eigenvalue weighted by molar-refractivity contribution is -0.0501. The molecule has 0 aliphatic rings. The summed E-state index contributed by atoms with van der Waals surface area (Å²) >= 11 is 7.71. The highest BCUT2D eigenvalue weighted by atomic mass is 35.5. The largest absolute Gasteiger partial charge is 0.439 e. The summed E-state index contributed by atoms with van der Waals surface area (Å²) in [5, 5.41) is 6.64. The molecule has 0 unspecified atom stereocenters. The number of thiophene rings is 1. The molecule has 4 aromatic rings. The van der Waals surface area contributed by atoms with Gasteiger partial charge >= 0.3 is 6.61 Å². The van der Waals surface area contributed by atoms with Crippen LogP contribution in [-0.4, -0.2) is 28.1 Å². The number of anilines is 1. The Labute approximate surface area is 185 Å². The van der Waals surface area contributed by atoms with E-state index in [-0.39, 0.29) is 5.75 Å². The van der Waals surface area contributed by atoms with E-state index in [1.165, 1.54) is 29.9 Å². The van der Waals surface area contributed by atoms with Crippen LogP contribution in [0.1, 0.15) is 11.1 Å². The number of nitrogens with zero attached hydrogens (tertiary/aromatic N) is 3. The zero-order valence-corrected chi connectivity index (χ0v) is 17.9. The number of pyridine rings is 1. The molecule has 0 fully saturated rings. The fraction of sp³-hybridized carbons (Fsp3) is 0.190. The van der Waals surface area contributed by atoms with Gasteiger partial charge in [-0.15, -0.1) is 11.3 Å². The van der Waals surface area contributed by atoms with Gasteiger partial charge in [-0.05, 0) is 37.1 Å². The van der Waals surface area contributed by atoms with Gasteiger partial charge in [0.25, 0.3) is 0 Å². The summed E-state index contributed by atoms with van der Waals surface area (Å²) in [7, 11) is 0. The third-order valence-electron chi connectivity index (χ3n) is 4.40. The molecule has 0 radical (unpaired) electrons. The second-order valence-electron chi connectivity index (χ2n) is 6.58. The molecule has 0 saturated carbocycles. The number of rotatable bonds is 8. The summed E-state index contributed by atoms with van der Waals surface area (Å²) in [6, 6.07) is 9.03. The number of alkyl halides is 2. The average molecular weight is 463 g/mol. The van der Waals surface area contributed by atoms with Gasteiger partial charge in [0.1, 0.15) is 28.5 Å². The standard InChI is InChI=1S/C21H17ClF2N4O2S/c1-12-8-15(30-21(23)24)9-26-19(12)29-14-4-2-13(3-5-14)6-7-25-18-17-16(22)10-31-20(17)28-11-27-18/h2-5,8-11,21H,6-7H2,1H3,(H,25,27,28). The van der Waals surface area contributed by atoms with Crippen molar-refractivity contribution in [2.75, 3.05) is 11.9 Å². The second kappa shape index (κ2) is 9.40. The van der Waals surface area contributed by atoms with Gasteiger partial charge in [0.05, 0.1) is 16.6 Å². The van der Waals surface area contributed by atoms with Gasteiger partial charge in [0, 0.05) is 17.5 Å². The van der Waals surface area contributed by atoms with E-state index in [4.69, 9.17) is 16.3 Å². The predicted octanol–water partition coefficient (Wildman–Crippen LogP) is 6.10.